The molecule has 2 aliphatic heterocycles. The Morgan fingerprint density at radius 1 is 1.41 bits per heavy atom. The SMILES string of the molecule is CCCN(C(=O)CC1CCCCO1)C1CNC1. The van der Waals surface area contributed by atoms with E-state index >= 15 is 0 Å². The van der Waals surface area contributed by atoms with Crippen molar-refractivity contribution in [3.05, 3.63) is 0 Å². The van der Waals surface area contributed by atoms with Gasteiger partial charge in [0.15, 0.2) is 0 Å². The van der Waals surface area contributed by atoms with E-state index in [4.69, 9.17) is 4.74 Å². The predicted molar refractivity (Wildman–Crippen MR) is 66.9 cm³/mol. The van der Waals surface area contributed by atoms with Gasteiger partial charge >= 0.3 is 0 Å². The molecule has 2 rings (SSSR count). The third-order valence-corrected chi connectivity index (χ3v) is 3.66. The molecule has 0 saturated carbocycles. The molecule has 98 valence electrons. The molecule has 2 fully saturated rings. The first-order valence-corrected chi connectivity index (χ1v) is 6.93. The maximum atomic E-state index is 12.3. The molecule has 1 N–H and O–H groups in total. The van der Waals surface area contributed by atoms with E-state index in [1.54, 1.807) is 0 Å². The molecule has 2 heterocycles. The number of nitrogens with one attached hydrogen (secondary N) is 1. The summed E-state index contributed by atoms with van der Waals surface area (Å²) in [6, 6.07) is 0.422. The fourth-order valence-electron chi connectivity index (χ4n) is 2.53. The molecule has 2 saturated heterocycles. The molecular formula is C13H24N2O2. The number of carbonyl (C=O) groups excluding carboxylic acids is 1. The average molecular weight is 240 g/mol. The monoisotopic (exact) mass is 240 g/mol. The Hall–Kier alpha value is -0.610. The van der Waals surface area contributed by atoms with Crippen LogP contribution in [0.2, 0.25) is 0 Å². The third-order valence-electron chi connectivity index (χ3n) is 3.66. The summed E-state index contributed by atoms with van der Waals surface area (Å²) >= 11 is 0. The Morgan fingerprint density at radius 2 is 2.24 bits per heavy atom. The van der Waals surface area contributed by atoms with Gasteiger partial charge < -0.3 is 15.0 Å². The van der Waals surface area contributed by atoms with Gasteiger partial charge in [0.2, 0.25) is 5.91 Å². The Morgan fingerprint density at radius 3 is 2.76 bits per heavy atom. The van der Waals surface area contributed by atoms with Crippen molar-refractivity contribution in [2.75, 3.05) is 26.2 Å². The normalized spacial score (nSPS) is 25.4. The van der Waals surface area contributed by atoms with E-state index in [9.17, 15) is 4.79 Å². The van der Waals surface area contributed by atoms with E-state index in [0.29, 0.717) is 12.5 Å². The average Bonchev–Trinajstić information content (AvgIpc) is 2.27. The van der Waals surface area contributed by atoms with Gasteiger partial charge in [0, 0.05) is 26.2 Å². The summed E-state index contributed by atoms with van der Waals surface area (Å²) in [7, 11) is 0. The van der Waals surface area contributed by atoms with Gasteiger partial charge in [0.1, 0.15) is 0 Å². The molecule has 1 unspecified atom stereocenters. The molecule has 4 nitrogen and oxygen atoms in total. The molecular weight excluding hydrogens is 216 g/mol. The fourth-order valence-corrected chi connectivity index (χ4v) is 2.53. The molecule has 0 bridgehead atoms. The zero-order valence-corrected chi connectivity index (χ0v) is 10.8. The van der Waals surface area contributed by atoms with Crippen molar-refractivity contribution in [3.63, 3.8) is 0 Å². The van der Waals surface area contributed by atoms with Gasteiger partial charge in [-0.2, -0.15) is 0 Å². The van der Waals surface area contributed by atoms with E-state index in [1.807, 2.05) is 0 Å². The second-order valence-electron chi connectivity index (χ2n) is 5.09. The van der Waals surface area contributed by atoms with Crippen LogP contribution in [-0.4, -0.2) is 49.2 Å². The lowest BCUT2D eigenvalue weighted by Crippen LogP contribution is -2.59. The van der Waals surface area contributed by atoms with Gasteiger partial charge in [-0.3, -0.25) is 4.79 Å². The van der Waals surface area contributed by atoms with Gasteiger partial charge in [-0.05, 0) is 25.7 Å². The molecule has 0 aromatic carbocycles. The molecule has 0 aliphatic carbocycles. The lowest BCUT2D eigenvalue weighted by atomic mass is 10.0. The molecule has 17 heavy (non-hydrogen) atoms. The predicted octanol–water partition coefficient (Wildman–Crippen LogP) is 1.16. The van der Waals surface area contributed by atoms with Crippen LogP contribution in [0.1, 0.15) is 39.0 Å². The largest absolute Gasteiger partial charge is 0.378 e. The first-order chi connectivity index (χ1) is 8.31. The summed E-state index contributed by atoms with van der Waals surface area (Å²) in [5.41, 5.74) is 0. The van der Waals surface area contributed by atoms with Gasteiger partial charge in [0.25, 0.3) is 0 Å². The number of ether oxygens (including phenoxy) is 1. The summed E-state index contributed by atoms with van der Waals surface area (Å²) < 4.78 is 5.65. The molecule has 0 aromatic heterocycles. The van der Waals surface area contributed by atoms with Crippen molar-refractivity contribution in [1.82, 2.24) is 10.2 Å². The van der Waals surface area contributed by atoms with Crippen molar-refractivity contribution >= 4 is 5.91 Å². The van der Waals surface area contributed by atoms with Crippen molar-refractivity contribution < 1.29 is 9.53 Å². The Kier molecular flexibility index (Phi) is 4.80. The maximum absolute atomic E-state index is 12.3. The van der Waals surface area contributed by atoms with Gasteiger partial charge in [-0.15, -0.1) is 0 Å². The summed E-state index contributed by atoms with van der Waals surface area (Å²) in [5.74, 6) is 0.283. The van der Waals surface area contributed by atoms with Gasteiger partial charge in [-0.25, -0.2) is 0 Å². The van der Waals surface area contributed by atoms with E-state index in [1.165, 1.54) is 6.42 Å². The number of carbonyl (C=O) groups is 1. The molecule has 1 atom stereocenters. The first kappa shape index (κ1) is 12.8. The lowest BCUT2D eigenvalue weighted by Gasteiger charge is -2.39. The van der Waals surface area contributed by atoms with E-state index in [-0.39, 0.29) is 12.0 Å². The highest BCUT2D eigenvalue weighted by Crippen LogP contribution is 2.18. The quantitative estimate of drug-likeness (QED) is 0.784. The van der Waals surface area contributed by atoms with Gasteiger partial charge in [-0.1, -0.05) is 6.92 Å². The van der Waals surface area contributed by atoms with Crippen molar-refractivity contribution in [2.24, 2.45) is 0 Å². The van der Waals surface area contributed by atoms with E-state index < -0.39 is 0 Å². The van der Waals surface area contributed by atoms with Crippen LogP contribution in [-0.2, 0) is 9.53 Å². The Bertz CT molecular complexity index is 248. The van der Waals surface area contributed by atoms with Crippen LogP contribution in [0.4, 0.5) is 0 Å². The van der Waals surface area contributed by atoms with Crippen LogP contribution < -0.4 is 5.32 Å². The number of rotatable bonds is 5. The minimum absolute atomic E-state index is 0.170. The highest BCUT2D eigenvalue weighted by atomic mass is 16.5. The van der Waals surface area contributed by atoms with E-state index in [0.717, 1.165) is 45.5 Å². The number of hydrogen-bond acceptors (Lipinski definition) is 3. The summed E-state index contributed by atoms with van der Waals surface area (Å²) in [6.07, 6.45) is 5.19. The minimum Gasteiger partial charge on any atom is -0.378 e. The summed E-state index contributed by atoms with van der Waals surface area (Å²) in [4.78, 5) is 14.3. The van der Waals surface area contributed by atoms with Gasteiger partial charge in [0.05, 0.1) is 18.6 Å². The van der Waals surface area contributed by atoms with Crippen LogP contribution in [0.5, 0.6) is 0 Å². The highest BCUT2D eigenvalue weighted by Gasteiger charge is 2.29. The van der Waals surface area contributed by atoms with Crippen molar-refractivity contribution in [3.8, 4) is 0 Å². The first-order valence-electron chi connectivity index (χ1n) is 6.93. The Labute approximate surface area is 104 Å². The third kappa shape index (κ3) is 3.42. The van der Waals surface area contributed by atoms with Crippen molar-refractivity contribution in [2.45, 2.75) is 51.2 Å². The second-order valence-corrected chi connectivity index (χ2v) is 5.09. The zero-order chi connectivity index (χ0) is 12.1. The van der Waals surface area contributed by atoms with E-state index in [2.05, 4.69) is 17.1 Å². The number of nitrogens with zero attached hydrogens (tertiary/aromatic N) is 1. The molecule has 0 radical (unpaired) electrons. The summed E-state index contributed by atoms with van der Waals surface area (Å²) in [5, 5.41) is 3.23. The molecule has 1 amide bonds. The molecule has 0 spiro atoms. The minimum atomic E-state index is 0.170. The highest BCUT2D eigenvalue weighted by molar-refractivity contribution is 5.77. The second kappa shape index (κ2) is 6.36. The van der Waals surface area contributed by atoms with Crippen molar-refractivity contribution in [1.29, 1.82) is 0 Å². The zero-order valence-electron chi connectivity index (χ0n) is 10.8. The van der Waals surface area contributed by atoms with Crippen LogP contribution in [0, 0.1) is 0 Å². The van der Waals surface area contributed by atoms with Crippen LogP contribution in [0.25, 0.3) is 0 Å². The van der Waals surface area contributed by atoms with Crippen LogP contribution in [0.15, 0.2) is 0 Å². The number of hydrogen-bond donors (Lipinski definition) is 1. The Balaban J connectivity index is 1.81. The summed E-state index contributed by atoms with van der Waals surface area (Å²) in [6.45, 7) is 5.76. The maximum Gasteiger partial charge on any atom is 0.225 e. The fraction of sp³-hybridized carbons (Fsp3) is 0.923. The molecule has 0 aromatic rings. The smallest absolute Gasteiger partial charge is 0.225 e. The molecule has 4 heteroatoms. The number of amides is 1. The standard InChI is InChI=1S/C13H24N2O2/c1-2-6-15(11-9-14-10-11)13(16)8-12-5-3-4-7-17-12/h11-12,14H,2-10H2,1H3. The molecule has 2 aliphatic rings. The topological polar surface area (TPSA) is 41.6 Å². The van der Waals surface area contributed by atoms with Crippen LogP contribution >= 0.6 is 0 Å². The lowest BCUT2D eigenvalue weighted by molar-refractivity contribution is -0.138. The van der Waals surface area contributed by atoms with Crippen LogP contribution in [0.3, 0.4) is 0 Å².